The fraction of sp³-hybridized carbons (Fsp3) is 0.130. The third kappa shape index (κ3) is 11.9. The minimum Gasteiger partial charge on any atom is -0.362 e. The zero-order valence-corrected chi connectivity index (χ0v) is 41.8. The molecule has 0 atom stereocenters. The molecule has 0 aliphatic carbocycles. The van der Waals surface area contributed by atoms with Gasteiger partial charge in [-0.2, -0.15) is 0 Å². The number of anilines is 1. The first-order valence-electron chi connectivity index (χ1n) is 24.5. The van der Waals surface area contributed by atoms with Crippen molar-refractivity contribution in [3.05, 3.63) is 275 Å². The number of hydrogen-bond donors (Lipinski definition) is 1. The lowest BCUT2D eigenvalue weighted by atomic mass is 9.85. The second-order valence-corrected chi connectivity index (χ2v) is 17.6. The molecule has 1 heteroatoms. The predicted molar refractivity (Wildman–Crippen MR) is 310 cm³/mol. The molecule has 8 aromatic carbocycles. The van der Waals surface area contributed by atoms with Crippen LogP contribution in [0.3, 0.4) is 0 Å². The molecule has 0 fully saturated rings. The molecule has 0 saturated carbocycles. The smallest absolute Gasteiger partial charge is 0.0379 e. The van der Waals surface area contributed by atoms with Crippen molar-refractivity contribution in [2.24, 2.45) is 0 Å². The van der Waals surface area contributed by atoms with E-state index in [1.807, 2.05) is 31.4 Å². The normalized spacial score (nSPS) is 12.9. The maximum absolute atomic E-state index is 5.37. The molecule has 0 spiro atoms. The summed E-state index contributed by atoms with van der Waals surface area (Å²) in [5.41, 5.74) is 14.9. The minimum absolute atomic E-state index is 0.822. The van der Waals surface area contributed by atoms with Gasteiger partial charge >= 0.3 is 0 Å². The van der Waals surface area contributed by atoms with E-state index in [0.717, 1.165) is 24.9 Å². The van der Waals surface area contributed by atoms with Crippen LogP contribution in [0.2, 0.25) is 0 Å². The zero-order chi connectivity index (χ0) is 49.2. The standard InChI is InChI=1S/C38H28.C31H37N/c1-26-13-11-24-36-37(26)34(33-21-9-10-22-35(33)38(36)27-14-3-2-4-15-27)23-12-17-29-25-28-16-5-6-18-30(28)32-20-8-7-19-31(29)32;1-8-12-14-16-18-26(6)31(25(5)17-15-13-9-2)27(7)29(11-4)24-28-19-21-30(22-20-28)32-23-10-3/h2-22,24-25H,23H2,1H3;2,10-23,32H,4,8,24H2,1,3,5-7H3/b17-12-;14-12-,15-13-,18-16-,23-10+,25-17+,29-27-,31-26+. The monoisotopic (exact) mass is 908 g/mol. The summed E-state index contributed by atoms with van der Waals surface area (Å²) in [5.74, 6) is 2.55. The summed E-state index contributed by atoms with van der Waals surface area (Å²) in [4.78, 5) is 0. The number of rotatable bonds is 15. The molecule has 0 unspecified atom stereocenters. The lowest BCUT2D eigenvalue weighted by Gasteiger charge is -2.18. The van der Waals surface area contributed by atoms with Crippen LogP contribution in [-0.2, 0) is 12.8 Å². The molecule has 70 heavy (non-hydrogen) atoms. The molecule has 0 aliphatic rings. The van der Waals surface area contributed by atoms with E-state index in [1.165, 1.54) is 104 Å². The summed E-state index contributed by atoms with van der Waals surface area (Å²) in [6, 6.07) is 54.8. The van der Waals surface area contributed by atoms with Crippen molar-refractivity contribution in [2.75, 3.05) is 5.32 Å². The fourth-order valence-corrected chi connectivity index (χ4v) is 9.54. The number of fused-ring (bicyclic) bond motifs is 5. The van der Waals surface area contributed by atoms with Crippen LogP contribution in [0.4, 0.5) is 5.69 Å². The third-order valence-electron chi connectivity index (χ3n) is 12.9. The highest BCUT2D eigenvalue weighted by atomic mass is 14.8. The van der Waals surface area contributed by atoms with Gasteiger partial charge in [-0.1, -0.05) is 214 Å². The quantitative estimate of drug-likeness (QED) is 0.0468. The summed E-state index contributed by atoms with van der Waals surface area (Å²) in [6.07, 6.45) is 32.8. The molecule has 0 aliphatic heterocycles. The molecule has 0 radical (unpaired) electrons. The van der Waals surface area contributed by atoms with Crippen LogP contribution in [0.5, 0.6) is 0 Å². The van der Waals surface area contributed by atoms with Crippen LogP contribution in [0, 0.1) is 19.3 Å². The number of allylic oxidation sites excluding steroid dienone is 15. The molecule has 0 amide bonds. The topological polar surface area (TPSA) is 12.0 Å². The molecule has 1 nitrogen and oxygen atoms in total. The van der Waals surface area contributed by atoms with Crippen molar-refractivity contribution < 1.29 is 0 Å². The lowest BCUT2D eigenvalue weighted by molar-refractivity contribution is 1.13. The molecule has 0 heterocycles. The maximum Gasteiger partial charge on any atom is 0.0379 e. The summed E-state index contributed by atoms with van der Waals surface area (Å²) in [6.45, 7) is 16.9. The van der Waals surface area contributed by atoms with Gasteiger partial charge in [0.15, 0.2) is 0 Å². The highest BCUT2D eigenvalue weighted by Crippen LogP contribution is 2.41. The average Bonchev–Trinajstić information content (AvgIpc) is 3.39. The van der Waals surface area contributed by atoms with Crippen LogP contribution in [-0.4, -0.2) is 0 Å². The SMILES string of the molecule is C#C\C=C/C=C(C)/C(=C(C)\C=C/C=C\CC)C(/C)=C(/C=C)Cc1ccc(N/C=C/C)cc1.Cc1cccc2c(-c3ccccc3)c3ccccc3c(C/C=C\c3cc4ccccc4c4ccccc34)c12. The molecule has 0 bridgehead atoms. The van der Waals surface area contributed by atoms with Crippen molar-refractivity contribution in [3.8, 4) is 23.5 Å². The number of aryl methyl sites for hydroxylation is 1. The number of nitrogens with one attached hydrogen (secondary N) is 1. The number of hydrogen-bond acceptors (Lipinski definition) is 1. The van der Waals surface area contributed by atoms with Crippen LogP contribution < -0.4 is 5.32 Å². The Hall–Kier alpha value is -8.18. The Morgan fingerprint density at radius 2 is 1.36 bits per heavy atom. The average molecular weight is 908 g/mol. The Labute approximate surface area is 417 Å². The fourth-order valence-electron chi connectivity index (χ4n) is 9.54. The van der Waals surface area contributed by atoms with Crippen molar-refractivity contribution in [1.82, 2.24) is 0 Å². The van der Waals surface area contributed by atoms with Gasteiger partial charge in [0.05, 0.1) is 0 Å². The van der Waals surface area contributed by atoms with Crippen LogP contribution in [0.15, 0.2) is 253 Å². The van der Waals surface area contributed by atoms with E-state index in [1.54, 1.807) is 6.08 Å². The third-order valence-corrected chi connectivity index (χ3v) is 12.9. The van der Waals surface area contributed by atoms with Gasteiger partial charge in [-0.05, 0) is 189 Å². The Bertz CT molecular complexity index is 3420. The first-order valence-corrected chi connectivity index (χ1v) is 24.5. The Morgan fingerprint density at radius 1 is 0.686 bits per heavy atom. The maximum atomic E-state index is 5.37. The van der Waals surface area contributed by atoms with Gasteiger partial charge in [0.1, 0.15) is 0 Å². The van der Waals surface area contributed by atoms with Gasteiger partial charge in [-0.15, -0.1) is 6.42 Å². The highest BCUT2D eigenvalue weighted by molar-refractivity contribution is 6.16. The summed E-state index contributed by atoms with van der Waals surface area (Å²) in [5, 5.41) is 13.8. The van der Waals surface area contributed by atoms with Gasteiger partial charge in [-0.25, -0.2) is 0 Å². The minimum atomic E-state index is 0.822. The first kappa shape index (κ1) is 49.7. The first-order chi connectivity index (χ1) is 34.3. The number of terminal acetylenes is 1. The molecular weight excluding hydrogens is 843 g/mol. The Balaban J connectivity index is 0.000000211. The van der Waals surface area contributed by atoms with Crippen LogP contribution in [0.25, 0.3) is 60.3 Å². The summed E-state index contributed by atoms with van der Waals surface area (Å²) < 4.78 is 0. The molecule has 8 aromatic rings. The molecular formula is C69H65N. The lowest BCUT2D eigenvalue weighted by Crippen LogP contribution is -1.99. The van der Waals surface area contributed by atoms with E-state index in [2.05, 4.69) is 247 Å². The summed E-state index contributed by atoms with van der Waals surface area (Å²) >= 11 is 0. The second-order valence-electron chi connectivity index (χ2n) is 17.6. The second kappa shape index (κ2) is 24.7. The van der Waals surface area contributed by atoms with Crippen molar-refractivity contribution in [3.63, 3.8) is 0 Å². The van der Waals surface area contributed by atoms with Gasteiger partial charge in [-0.3, -0.25) is 0 Å². The molecule has 8 rings (SSSR count). The van der Waals surface area contributed by atoms with Crippen molar-refractivity contribution in [1.29, 1.82) is 0 Å². The molecule has 346 valence electrons. The molecule has 1 N–H and O–H groups in total. The van der Waals surface area contributed by atoms with Crippen molar-refractivity contribution in [2.45, 2.75) is 60.8 Å². The zero-order valence-electron chi connectivity index (χ0n) is 41.8. The van der Waals surface area contributed by atoms with Gasteiger partial charge < -0.3 is 5.32 Å². The molecule has 0 aromatic heterocycles. The van der Waals surface area contributed by atoms with Gasteiger partial charge in [0.25, 0.3) is 0 Å². The van der Waals surface area contributed by atoms with Crippen LogP contribution >= 0.6 is 0 Å². The summed E-state index contributed by atoms with van der Waals surface area (Å²) in [7, 11) is 0. The molecule has 0 saturated heterocycles. The van der Waals surface area contributed by atoms with Gasteiger partial charge in [0, 0.05) is 5.69 Å². The van der Waals surface area contributed by atoms with Crippen molar-refractivity contribution >= 4 is 54.9 Å². The van der Waals surface area contributed by atoms with E-state index in [9.17, 15) is 0 Å². The van der Waals surface area contributed by atoms with E-state index < -0.39 is 0 Å². The van der Waals surface area contributed by atoms with E-state index in [0.29, 0.717) is 0 Å². The predicted octanol–water partition coefficient (Wildman–Crippen LogP) is 19.2. The van der Waals surface area contributed by atoms with E-state index in [-0.39, 0.29) is 0 Å². The largest absolute Gasteiger partial charge is 0.362 e. The Morgan fingerprint density at radius 3 is 2.07 bits per heavy atom. The highest BCUT2D eigenvalue weighted by Gasteiger charge is 2.16. The van der Waals surface area contributed by atoms with Gasteiger partial charge in [0.2, 0.25) is 0 Å². The van der Waals surface area contributed by atoms with E-state index in [4.69, 9.17) is 6.42 Å². The van der Waals surface area contributed by atoms with E-state index >= 15 is 0 Å². The van der Waals surface area contributed by atoms with Crippen LogP contribution in [0.1, 0.15) is 63.3 Å². The number of benzene rings is 8. The Kier molecular flexibility index (Phi) is 17.6.